The van der Waals surface area contributed by atoms with Gasteiger partial charge in [-0.2, -0.15) is 0 Å². The molecule has 0 aliphatic rings. The van der Waals surface area contributed by atoms with Crippen molar-refractivity contribution in [3.63, 3.8) is 0 Å². The molecule has 23 heavy (non-hydrogen) atoms. The van der Waals surface area contributed by atoms with Gasteiger partial charge in [-0.25, -0.2) is 13.1 Å². The molecular weight excluding hydrogens is 310 g/mol. The minimum atomic E-state index is -3.60. The van der Waals surface area contributed by atoms with Crippen molar-refractivity contribution in [2.75, 3.05) is 0 Å². The molecule has 0 saturated heterocycles. The van der Waals surface area contributed by atoms with Crippen LogP contribution in [0.2, 0.25) is 0 Å². The highest BCUT2D eigenvalue weighted by Crippen LogP contribution is 2.20. The van der Waals surface area contributed by atoms with E-state index in [9.17, 15) is 13.5 Å². The third kappa shape index (κ3) is 4.64. The predicted molar refractivity (Wildman–Crippen MR) is 91.7 cm³/mol. The van der Waals surface area contributed by atoms with E-state index in [-0.39, 0.29) is 10.9 Å². The van der Waals surface area contributed by atoms with E-state index in [1.54, 1.807) is 26.0 Å². The molecule has 0 aliphatic heterocycles. The molecule has 0 radical (unpaired) electrons. The van der Waals surface area contributed by atoms with Crippen molar-refractivity contribution in [3.05, 3.63) is 65.2 Å². The summed E-state index contributed by atoms with van der Waals surface area (Å²) in [6.07, 6.45) is -0.387. The average molecular weight is 333 g/mol. The van der Waals surface area contributed by atoms with Gasteiger partial charge in [-0.05, 0) is 44.4 Å². The van der Waals surface area contributed by atoms with Gasteiger partial charge in [0.2, 0.25) is 10.0 Å². The SMILES string of the molecule is Cc1ccc(S(=O)(=O)NC(C)CC(O)c2ccccc2)c(C)c1. The molecule has 0 spiro atoms. The van der Waals surface area contributed by atoms with Crippen LogP contribution in [0.3, 0.4) is 0 Å². The van der Waals surface area contributed by atoms with Crippen LogP contribution in [0.4, 0.5) is 0 Å². The van der Waals surface area contributed by atoms with Crippen LogP contribution < -0.4 is 4.72 Å². The fourth-order valence-corrected chi connectivity index (χ4v) is 4.11. The second-order valence-corrected chi connectivity index (χ2v) is 7.64. The van der Waals surface area contributed by atoms with Gasteiger partial charge < -0.3 is 5.11 Å². The molecule has 2 unspecified atom stereocenters. The first-order valence-electron chi connectivity index (χ1n) is 7.62. The van der Waals surface area contributed by atoms with Crippen LogP contribution in [-0.4, -0.2) is 19.6 Å². The van der Waals surface area contributed by atoms with Gasteiger partial charge in [-0.15, -0.1) is 0 Å². The van der Waals surface area contributed by atoms with E-state index in [0.717, 1.165) is 11.1 Å². The van der Waals surface area contributed by atoms with Crippen LogP contribution in [0.15, 0.2) is 53.4 Å². The number of aryl methyl sites for hydroxylation is 2. The number of rotatable bonds is 6. The average Bonchev–Trinajstić information content (AvgIpc) is 2.46. The van der Waals surface area contributed by atoms with Crippen molar-refractivity contribution in [1.29, 1.82) is 0 Å². The van der Waals surface area contributed by atoms with E-state index in [0.29, 0.717) is 12.0 Å². The third-order valence-corrected chi connectivity index (χ3v) is 5.49. The first kappa shape index (κ1) is 17.7. The van der Waals surface area contributed by atoms with Crippen molar-refractivity contribution in [2.24, 2.45) is 0 Å². The lowest BCUT2D eigenvalue weighted by molar-refractivity contribution is 0.158. The van der Waals surface area contributed by atoms with E-state index in [1.165, 1.54) is 0 Å². The summed E-state index contributed by atoms with van der Waals surface area (Å²) in [5.41, 5.74) is 2.52. The fourth-order valence-electron chi connectivity index (χ4n) is 2.62. The van der Waals surface area contributed by atoms with Gasteiger partial charge in [0.15, 0.2) is 0 Å². The number of sulfonamides is 1. The summed E-state index contributed by atoms with van der Waals surface area (Å²) >= 11 is 0. The van der Waals surface area contributed by atoms with Crippen LogP contribution in [-0.2, 0) is 10.0 Å². The Morgan fingerprint density at radius 2 is 1.74 bits per heavy atom. The summed E-state index contributed by atoms with van der Waals surface area (Å²) in [6.45, 7) is 5.47. The zero-order valence-corrected chi connectivity index (χ0v) is 14.5. The number of hydrogen-bond acceptors (Lipinski definition) is 3. The molecule has 5 heteroatoms. The summed E-state index contributed by atoms with van der Waals surface area (Å²) in [6, 6.07) is 14.1. The van der Waals surface area contributed by atoms with Gasteiger partial charge in [0.05, 0.1) is 11.0 Å². The van der Waals surface area contributed by atoms with Crippen LogP contribution in [0.1, 0.15) is 36.1 Å². The first-order chi connectivity index (χ1) is 10.8. The van der Waals surface area contributed by atoms with Gasteiger partial charge in [0, 0.05) is 6.04 Å². The largest absolute Gasteiger partial charge is 0.388 e. The molecule has 2 rings (SSSR count). The highest BCUT2D eigenvalue weighted by atomic mass is 32.2. The maximum atomic E-state index is 12.5. The van der Waals surface area contributed by atoms with Crippen LogP contribution in [0.5, 0.6) is 0 Å². The lowest BCUT2D eigenvalue weighted by atomic mass is 10.0. The van der Waals surface area contributed by atoms with E-state index in [1.807, 2.05) is 43.3 Å². The maximum Gasteiger partial charge on any atom is 0.241 e. The van der Waals surface area contributed by atoms with Crippen LogP contribution >= 0.6 is 0 Å². The van der Waals surface area contributed by atoms with Gasteiger partial charge >= 0.3 is 0 Å². The van der Waals surface area contributed by atoms with E-state index >= 15 is 0 Å². The molecule has 2 aromatic carbocycles. The van der Waals surface area contributed by atoms with E-state index in [4.69, 9.17) is 0 Å². The smallest absolute Gasteiger partial charge is 0.241 e. The Hall–Kier alpha value is -1.69. The minimum Gasteiger partial charge on any atom is -0.388 e. The molecule has 0 fully saturated rings. The Kier molecular flexibility index (Phi) is 5.57. The van der Waals surface area contributed by atoms with Crippen LogP contribution in [0.25, 0.3) is 0 Å². The summed E-state index contributed by atoms with van der Waals surface area (Å²) in [5, 5.41) is 10.2. The molecule has 2 aromatic rings. The van der Waals surface area contributed by atoms with Crippen molar-refractivity contribution in [2.45, 2.75) is 44.2 Å². The molecule has 124 valence electrons. The molecule has 0 aromatic heterocycles. The van der Waals surface area contributed by atoms with Gasteiger partial charge in [-0.3, -0.25) is 0 Å². The monoisotopic (exact) mass is 333 g/mol. The Morgan fingerprint density at radius 1 is 1.09 bits per heavy atom. The molecule has 4 nitrogen and oxygen atoms in total. The molecule has 2 atom stereocenters. The number of benzene rings is 2. The fraction of sp³-hybridized carbons (Fsp3) is 0.333. The van der Waals surface area contributed by atoms with Crippen molar-refractivity contribution < 1.29 is 13.5 Å². The van der Waals surface area contributed by atoms with Gasteiger partial charge in [0.25, 0.3) is 0 Å². The summed E-state index contributed by atoms with van der Waals surface area (Å²) < 4.78 is 27.6. The molecule has 0 aliphatic carbocycles. The highest BCUT2D eigenvalue weighted by Gasteiger charge is 2.21. The standard InChI is InChI=1S/C18H23NO3S/c1-13-9-10-18(14(2)11-13)23(21,22)19-15(3)12-17(20)16-7-5-4-6-8-16/h4-11,15,17,19-20H,12H2,1-3H3. The molecule has 0 amide bonds. The lowest BCUT2D eigenvalue weighted by Crippen LogP contribution is -2.34. The summed E-state index contributed by atoms with van der Waals surface area (Å²) in [5.74, 6) is 0. The normalized spacial score (nSPS) is 14.4. The van der Waals surface area contributed by atoms with Crippen molar-refractivity contribution in [1.82, 2.24) is 4.72 Å². The van der Waals surface area contributed by atoms with E-state index < -0.39 is 16.1 Å². The van der Waals surface area contributed by atoms with Crippen molar-refractivity contribution in [3.8, 4) is 0 Å². The zero-order valence-electron chi connectivity index (χ0n) is 13.7. The van der Waals surface area contributed by atoms with E-state index in [2.05, 4.69) is 4.72 Å². The molecular formula is C18H23NO3S. The maximum absolute atomic E-state index is 12.5. The molecule has 2 N–H and O–H groups in total. The Balaban J connectivity index is 2.08. The number of nitrogens with one attached hydrogen (secondary N) is 1. The summed E-state index contributed by atoms with van der Waals surface area (Å²) in [4.78, 5) is 0.282. The Labute approximate surface area is 138 Å². The molecule has 0 saturated carbocycles. The second-order valence-electron chi connectivity index (χ2n) is 5.95. The topological polar surface area (TPSA) is 66.4 Å². The first-order valence-corrected chi connectivity index (χ1v) is 9.10. The zero-order chi connectivity index (χ0) is 17.0. The number of hydrogen-bond donors (Lipinski definition) is 2. The van der Waals surface area contributed by atoms with Crippen molar-refractivity contribution >= 4 is 10.0 Å². The minimum absolute atomic E-state index is 0.282. The number of aliphatic hydroxyl groups is 1. The highest BCUT2D eigenvalue weighted by molar-refractivity contribution is 7.89. The quantitative estimate of drug-likeness (QED) is 0.854. The van der Waals surface area contributed by atoms with Crippen LogP contribution in [0, 0.1) is 13.8 Å². The van der Waals surface area contributed by atoms with Gasteiger partial charge in [0.1, 0.15) is 0 Å². The summed E-state index contributed by atoms with van der Waals surface area (Å²) in [7, 11) is -3.60. The molecule has 0 heterocycles. The number of aliphatic hydroxyl groups excluding tert-OH is 1. The Morgan fingerprint density at radius 3 is 2.35 bits per heavy atom. The second kappa shape index (κ2) is 7.25. The third-order valence-electron chi connectivity index (χ3n) is 3.74. The Bertz CT molecular complexity index is 757. The van der Waals surface area contributed by atoms with Gasteiger partial charge in [-0.1, -0.05) is 48.0 Å². The predicted octanol–water partition coefficient (Wildman–Crippen LogP) is 3.09. The molecule has 0 bridgehead atoms. The lowest BCUT2D eigenvalue weighted by Gasteiger charge is -2.19.